The zero-order chi connectivity index (χ0) is 17.9. The third kappa shape index (κ3) is 4.42. The van der Waals surface area contributed by atoms with Gasteiger partial charge in [-0.1, -0.05) is 24.3 Å². The Labute approximate surface area is 147 Å². The number of hydrogen-bond donors (Lipinski definition) is 2. The van der Waals surface area contributed by atoms with Gasteiger partial charge < -0.3 is 15.3 Å². The first-order chi connectivity index (χ1) is 12.0. The highest BCUT2D eigenvalue weighted by molar-refractivity contribution is 5.64. The van der Waals surface area contributed by atoms with Crippen molar-refractivity contribution < 1.29 is 13.9 Å². The lowest BCUT2D eigenvalue weighted by Crippen LogP contribution is -2.45. The maximum atomic E-state index is 13.9. The fourth-order valence-corrected chi connectivity index (χ4v) is 3.19. The molecule has 0 radical (unpaired) electrons. The van der Waals surface area contributed by atoms with E-state index in [0.717, 1.165) is 44.4 Å². The summed E-state index contributed by atoms with van der Waals surface area (Å²) in [5, 5.41) is 14.1. The third-order valence-electron chi connectivity index (χ3n) is 4.87. The maximum Gasteiger partial charge on any atom is 0.133 e. The Kier molecular flexibility index (Phi) is 5.47. The highest BCUT2D eigenvalue weighted by atomic mass is 19.1. The molecule has 1 aliphatic heterocycles. The van der Waals surface area contributed by atoms with Gasteiger partial charge in [0.15, 0.2) is 0 Å². The van der Waals surface area contributed by atoms with Crippen molar-refractivity contribution in [2.75, 3.05) is 32.7 Å². The molecule has 0 aliphatic carbocycles. The summed E-state index contributed by atoms with van der Waals surface area (Å²) in [6, 6.07) is 10.7. The number of halogens is 2. The zero-order valence-corrected chi connectivity index (χ0v) is 14.4. The molecule has 1 heterocycles. The number of nitrogens with one attached hydrogen (secondary N) is 1. The Bertz CT molecular complexity index is 710. The molecule has 0 aromatic heterocycles. The van der Waals surface area contributed by atoms with Gasteiger partial charge in [-0.25, -0.2) is 8.78 Å². The van der Waals surface area contributed by atoms with E-state index in [0.29, 0.717) is 17.5 Å². The molecular weight excluding hydrogens is 322 g/mol. The largest absolute Gasteiger partial charge is 0.385 e. The van der Waals surface area contributed by atoms with Gasteiger partial charge in [0, 0.05) is 44.4 Å². The van der Waals surface area contributed by atoms with E-state index in [2.05, 4.69) is 10.2 Å². The van der Waals surface area contributed by atoms with E-state index in [4.69, 9.17) is 0 Å². The van der Waals surface area contributed by atoms with Gasteiger partial charge in [0.2, 0.25) is 0 Å². The van der Waals surface area contributed by atoms with Crippen LogP contribution in [-0.2, 0) is 5.60 Å². The van der Waals surface area contributed by atoms with E-state index in [-0.39, 0.29) is 0 Å². The average Bonchev–Trinajstić information content (AvgIpc) is 2.61. The first-order valence-electron chi connectivity index (χ1n) is 8.67. The van der Waals surface area contributed by atoms with Crippen molar-refractivity contribution in [2.45, 2.75) is 18.9 Å². The molecule has 3 nitrogen and oxygen atoms in total. The van der Waals surface area contributed by atoms with Crippen LogP contribution in [0.2, 0.25) is 0 Å². The second kappa shape index (κ2) is 7.60. The topological polar surface area (TPSA) is 35.5 Å². The predicted octanol–water partition coefficient (Wildman–Crippen LogP) is 3.13. The second-order valence-corrected chi connectivity index (χ2v) is 6.82. The van der Waals surface area contributed by atoms with E-state index in [1.54, 1.807) is 12.1 Å². The van der Waals surface area contributed by atoms with Crippen LogP contribution in [0.3, 0.4) is 0 Å². The van der Waals surface area contributed by atoms with Crippen LogP contribution in [0.4, 0.5) is 8.78 Å². The minimum atomic E-state index is -0.940. The monoisotopic (exact) mass is 346 g/mol. The molecule has 0 bridgehead atoms. The Balaban J connectivity index is 1.69. The third-order valence-corrected chi connectivity index (χ3v) is 4.87. The lowest BCUT2D eigenvalue weighted by molar-refractivity contribution is 0.0345. The minimum absolute atomic E-state index is 0.355. The standard InChI is InChI=1S/C20H24F2N2O/c1-20(25,8-11-24-12-9-23-10-13-24)16-4-2-15(3-5-16)18-7-6-17(21)14-19(18)22/h2-7,14,23,25H,8-13H2,1H3. The van der Waals surface area contributed by atoms with Gasteiger partial charge in [-0.15, -0.1) is 0 Å². The van der Waals surface area contributed by atoms with Crippen LogP contribution < -0.4 is 5.32 Å². The molecule has 25 heavy (non-hydrogen) atoms. The Morgan fingerprint density at radius 1 is 1.08 bits per heavy atom. The van der Waals surface area contributed by atoms with E-state index in [1.807, 2.05) is 19.1 Å². The minimum Gasteiger partial charge on any atom is -0.385 e. The fourth-order valence-electron chi connectivity index (χ4n) is 3.19. The highest BCUT2D eigenvalue weighted by Gasteiger charge is 2.24. The van der Waals surface area contributed by atoms with E-state index in [9.17, 15) is 13.9 Å². The Morgan fingerprint density at radius 3 is 2.40 bits per heavy atom. The molecule has 2 aromatic rings. The molecule has 1 fully saturated rings. The molecule has 0 saturated carbocycles. The van der Waals surface area contributed by atoms with Crippen molar-refractivity contribution in [3.05, 3.63) is 59.7 Å². The number of benzene rings is 2. The number of rotatable bonds is 5. The van der Waals surface area contributed by atoms with Crippen LogP contribution in [0.15, 0.2) is 42.5 Å². The summed E-state index contributed by atoms with van der Waals surface area (Å²) in [6.45, 7) is 6.61. The van der Waals surface area contributed by atoms with Crippen LogP contribution in [-0.4, -0.2) is 42.7 Å². The zero-order valence-electron chi connectivity index (χ0n) is 14.4. The average molecular weight is 346 g/mol. The van der Waals surface area contributed by atoms with Crippen molar-refractivity contribution in [1.82, 2.24) is 10.2 Å². The number of aliphatic hydroxyl groups is 1. The molecule has 1 aliphatic rings. The van der Waals surface area contributed by atoms with Crippen molar-refractivity contribution in [3.8, 4) is 11.1 Å². The number of nitrogens with zero attached hydrogens (tertiary/aromatic N) is 1. The molecule has 0 spiro atoms. The molecule has 5 heteroatoms. The molecule has 2 N–H and O–H groups in total. The van der Waals surface area contributed by atoms with Crippen molar-refractivity contribution in [3.63, 3.8) is 0 Å². The van der Waals surface area contributed by atoms with Gasteiger partial charge >= 0.3 is 0 Å². The molecule has 1 saturated heterocycles. The quantitative estimate of drug-likeness (QED) is 0.873. The summed E-state index contributed by atoms with van der Waals surface area (Å²) in [5.74, 6) is -1.17. The first kappa shape index (κ1) is 18.0. The summed E-state index contributed by atoms with van der Waals surface area (Å²) < 4.78 is 26.9. The summed E-state index contributed by atoms with van der Waals surface area (Å²) in [6.07, 6.45) is 0.636. The van der Waals surface area contributed by atoms with Crippen molar-refractivity contribution >= 4 is 0 Å². The van der Waals surface area contributed by atoms with Crippen LogP contribution in [0.1, 0.15) is 18.9 Å². The van der Waals surface area contributed by atoms with Crippen molar-refractivity contribution in [1.29, 1.82) is 0 Å². The first-order valence-corrected chi connectivity index (χ1v) is 8.67. The normalized spacial score (nSPS) is 18.1. The molecule has 1 unspecified atom stereocenters. The maximum absolute atomic E-state index is 13.9. The van der Waals surface area contributed by atoms with Gasteiger partial charge in [-0.05, 0) is 36.6 Å². The summed E-state index contributed by atoms with van der Waals surface area (Å²) >= 11 is 0. The molecule has 2 aromatic carbocycles. The molecular formula is C20H24F2N2O. The molecule has 0 amide bonds. The van der Waals surface area contributed by atoms with Gasteiger partial charge in [0.05, 0.1) is 5.60 Å². The molecule has 1 atom stereocenters. The van der Waals surface area contributed by atoms with E-state index in [1.165, 1.54) is 12.1 Å². The predicted molar refractivity (Wildman–Crippen MR) is 95.3 cm³/mol. The van der Waals surface area contributed by atoms with Crippen LogP contribution >= 0.6 is 0 Å². The SMILES string of the molecule is CC(O)(CCN1CCNCC1)c1ccc(-c2ccc(F)cc2F)cc1. The summed E-state index contributed by atoms with van der Waals surface area (Å²) in [4.78, 5) is 2.34. The van der Waals surface area contributed by atoms with Crippen molar-refractivity contribution in [2.24, 2.45) is 0 Å². The lowest BCUT2D eigenvalue weighted by Gasteiger charge is -2.31. The van der Waals surface area contributed by atoms with Gasteiger partial charge in [0.1, 0.15) is 11.6 Å². The summed E-state index contributed by atoms with van der Waals surface area (Å²) in [5.41, 5.74) is 0.881. The molecule has 3 rings (SSSR count). The second-order valence-electron chi connectivity index (χ2n) is 6.82. The smallest absolute Gasteiger partial charge is 0.133 e. The number of hydrogen-bond acceptors (Lipinski definition) is 3. The fraction of sp³-hybridized carbons (Fsp3) is 0.400. The van der Waals surface area contributed by atoms with E-state index < -0.39 is 17.2 Å². The van der Waals surface area contributed by atoms with Crippen LogP contribution in [0.5, 0.6) is 0 Å². The summed E-state index contributed by atoms with van der Waals surface area (Å²) in [7, 11) is 0. The van der Waals surface area contributed by atoms with Gasteiger partial charge in [-0.3, -0.25) is 0 Å². The van der Waals surface area contributed by atoms with Crippen LogP contribution in [0, 0.1) is 11.6 Å². The van der Waals surface area contributed by atoms with Gasteiger partial charge in [-0.2, -0.15) is 0 Å². The molecule has 134 valence electrons. The Hall–Kier alpha value is -1.82. The van der Waals surface area contributed by atoms with Crippen LogP contribution in [0.25, 0.3) is 11.1 Å². The Morgan fingerprint density at radius 2 is 1.76 bits per heavy atom. The number of piperazine rings is 1. The van der Waals surface area contributed by atoms with Gasteiger partial charge in [0.25, 0.3) is 0 Å². The van der Waals surface area contributed by atoms with E-state index >= 15 is 0 Å². The lowest BCUT2D eigenvalue weighted by atomic mass is 9.90. The highest BCUT2D eigenvalue weighted by Crippen LogP contribution is 2.29.